The second-order valence-electron chi connectivity index (χ2n) is 5.64. The van der Waals surface area contributed by atoms with Gasteiger partial charge in [-0.2, -0.15) is 0 Å². The molecule has 0 radical (unpaired) electrons. The molecule has 0 saturated carbocycles. The number of hydrogen-bond donors (Lipinski definition) is 1. The summed E-state index contributed by atoms with van der Waals surface area (Å²) in [6, 6.07) is 6.16. The number of benzene rings is 1. The van der Waals surface area contributed by atoms with Crippen LogP contribution >= 0.6 is 0 Å². The Morgan fingerprint density at radius 2 is 2.00 bits per heavy atom. The fraction of sp³-hybridized carbons (Fsp3) is 0.571. The monoisotopic (exact) mass is 298 g/mol. The number of piperidine rings is 1. The zero-order valence-electron chi connectivity index (χ0n) is 11.3. The predicted molar refractivity (Wildman–Crippen MR) is 75.1 cm³/mol. The van der Waals surface area contributed by atoms with E-state index in [0.29, 0.717) is 30.6 Å². The number of nitrogens with zero attached hydrogens (tertiary/aromatic N) is 1. The van der Waals surface area contributed by atoms with E-state index in [-0.39, 0.29) is 11.6 Å². The van der Waals surface area contributed by atoms with E-state index in [2.05, 4.69) is 5.32 Å². The summed E-state index contributed by atoms with van der Waals surface area (Å²) in [5, 5.41) is 3.42. The molecule has 1 N–H and O–H groups in total. The summed E-state index contributed by atoms with van der Waals surface area (Å²) >= 11 is 0. The Kier molecular flexibility index (Phi) is 3.79. The van der Waals surface area contributed by atoms with Crippen molar-refractivity contribution >= 4 is 10.0 Å². The molecule has 2 aliphatic heterocycles. The molecule has 2 heterocycles. The molecular formula is C14H19FN2O2S. The molecular weight excluding hydrogens is 279 g/mol. The molecule has 2 atom stereocenters. The van der Waals surface area contributed by atoms with E-state index in [1.54, 1.807) is 4.31 Å². The largest absolute Gasteiger partial charge is 0.314 e. The molecule has 4 nitrogen and oxygen atoms in total. The van der Waals surface area contributed by atoms with Gasteiger partial charge < -0.3 is 5.32 Å². The third-order valence-corrected chi connectivity index (χ3v) is 6.09. The third-order valence-electron chi connectivity index (χ3n) is 4.27. The van der Waals surface area contributed by atoms with Gasteiger partial charge in [-0.1, -0.05) is 12.1 Å². The van der Waals surface area contributed by atoms with Gasteiger partial charge in [0.1, 0.15) is 5.82 Å². The number of halogens is 1. The second kappa shape index (κ2) is 5.42. The van der Waals surface area contributed by atoms with Gasteiger partial charge in [0.25, 0.3) is 0 Å². The van der Waals surface area contributed by atoms with Crippen molar-refractivity contribution in [3.8, 4) is 0 Å². The van der Waals surface area contributed by atoms with Crippen LogP contribution in [-0.4, -0.2) is 38.4 Å². The second-order valence-corrected chi connectivity index (χ2v) is 7.61. The fourth-order valence-corrected chi connectivity index (χ4v) is 4.75. The van der Waals surface area contributed by atoms with Crippen molar-refractivity contribution in [3.63, 3.8) is 0 Å². The van der Waals surface area contributed by atoms with Crippen LogP contribution in [0.5, 0.6) is 0 Å². The zero-order chi connectivity index (χ0) is 14.2. The van der Waals surface area contributed by atoms with Gasteiger partial charge in [-0.05, 0) is 43.0 Å². The van der Waals surface area contributed by atoms with E-state index in [1.807, 2.05) is 0 Å². The van der Waals surface area contributed by atoms with Crippen molar-refractivity contribution in [2.24, 2.45) is 5.92 Å². The van der Waals surface area contributed by atoms with Crippen LogP contribution in [0.3, 0.4) is 0 Å². The topological polar surface area (TPSA) is 49.4 Å². The SMILES string of the molecule is O=S(=O)(Cc1ccc(F)cc1)N1CCC2NCCC2C1. The third kappa shape index (κ3) is 2.87. The first-order valence-electron chi connectivity index (χ1n) is 7.00. The Labute approximate surface area is 119 Å². The maximum Gasteiger partial charge on any atom is 0.218 e. The highest BCUT2D eigenvalue weighted by molar-refractivity contribution is 7.88. The molecule has 0 aromatic heterocycles. The van der Waals surface area contributed by atoms with Crippen LogP contribution in [0.2, 0.25) is 0 Å². The molecule has 20 heavy (non-hydrogen) atoms. The molecule has 0 spiro atoms. The summed E-state index contributed by atoms with van der Waals surface area (Å²) in [6.07, 6.45) is 1.93. The standard InChI is InChI=1S/C14H19FN2O2S/c15-13-3-1-11(2-4-13)10-20(18,19)17-8-6-14-12(9-17)5-7-16-14/h1-4,12,14,16H,5-10H2. The molecule has 2 fully saturated rings. The average molecular weight is 298 g/mol. The van der Waals surface area contributed by atoms with Crippen molar-refractivity contribution in [3.05, 3.63) is 35.6 Å². The first-order valence-corrected chi connectivity index (χ1v) is 8.61. The summed E-state index contributed by atoms with van der Waals surface area (Å²) in [4.78, 5) is 0. The van der Waals surface area contributed by atoms with Crippen LogP contribution in [0.4, 0.5) is 4.39 Å². The number of rotatable bonds is 3. The van der Waals surface area contributed by atoms with E-state index >= 15 is 0 Å². The summed E-state index contributed by atoms with van der Waals surface area (Å²) in [7, 11) is -3.30. The smallest absolute Gasteiger partial charge is 0.218 e. The van der Waals surface area contributed by atoms with Crippen molar-refractivity contribution < 1.29 is 12.8 Å². The zero-order valence-corrected chi connectivity index (χ0v) is 12.1. The van der Waals surface area contributed by atoms with E-state index in [1.165, 1.54) is 24.3 Å². The maximum atomic E-state index is 12.9. The molecule has 1 aromatic rings. The Hall–Kier alpha value is -0.980. The highest BCUT2D eigenvalue weighted by Gasteiger charge is 2.36. The molecule has 2 saturated heterocycles. The molecule has 3 rings (SSSR count). The molecule has 6 heteroatoms. The van der Waals surface area contributed by atoms with Crippen LogP contribution in [0, 0.1) is 11.7 Å². The minimum Gasteiger partial charge on any atom is -0.314 e. The van der Waals surface area contributed by atoms with E-state index < -0.39 is 10.0 Å². The van der Waals surface area contributed by atoms with Crippen molar-refractivity contribution in [1.82, 2.24) is 9.62 Å². The number of sulfonamides is 1. The van der Waals surface area contributed by atoms with Gasteiger partial charge in [-0.25, -0.2) is 17.1 Å². The van der Waals surface area contributed by atoms with Crippen molar-refractivity contribution in [1.29, 1.82) is 0 Å². The Morgan fingerprint density at radius 1 is 1.25 bits per heavy atom. The highest BCUT2D eigenvalue weighted by Crippen LogP contribution is 2.27. The number of fused-ring (bicyclic) bond motifs is 1. The van der Waals surface area contributed by atoms with Gasteiger partial charge in [0.15, 0.2) is 0 Å². The lowest BCUT2D eigenvalue weighted by Crippen LogP contribution is -2.47. The highest BCUT2D eigenvalue weighted by atomic mass is 32.2. The van der Waals surface area contributed by atoms with Gasteiger partial charge in [-0.15, -0.1) is 0 Å². The van der Waals surface area contributed by atoms with Crippen LogP contribution in [0.25, 0.3) is 0 Å². The quantitative estimate of drug-likeness (QED) is 0.916. The molecule has 1 aromatic carbocycles. The van der Waals surface area contributed by atoms with Crippen LogP contribution in [0.1, 0.15) is 18.4 Å². The first kappa shape index (κ1) is 14.0. The Morgan fingerprint density at radius 3 is 2.75 bits per heavy atom. The predicted octanol–water partition coefficient (Wildman–Crippen LogP) is 1.34. The van der Waals surface area contributed by atoms with Crippen LogP contribution < -0.4 is 5.32 Å². The van der Waals surface area contributed by atoms with Gasteiger partial charge in [-0.3, -0.25) is 0 Å². The lowest BCUT2D eigenvalue weighted by Gasteiger charge is -2.34. The van der Waals surface area contributed by atoms with Crippen molar-refractivity contribution in [2.75, 3.05) is 19.6 Å². The summed E-state index contributed by atoms with van der Waals surface area (Å²) in [5.41, 5.74) is 0.637. The lowest BCUT2D eigenvalue weighted by atomic mass is 9.95. The van der Waals surface area contributed by atoms with Gasteiger partial charge in [0.2, 0.25) is 10.0 Å². The number of hydrogen-bond acceptors (Lipinski definition) is 3. The minimum absolute atomic E-state index is 0.0436. The van der Waals surface area contributed by atoms with Gasteiger partial charge >= 0.3 is 0 Å². The fourth-order valence-electron chi connectivity index (χ4n) is 3.15. The van der Waals surface area contributed by atoms with Gasteiger partial charge in [0.05, 0.1) is 5.75 Å². The number of nitrogens with one attached hydrogen (secondary N) is 1. The maximum absolute atomic E-state index is 12.9. The first-order chi connectivity index (χ1) is 9.54. The normalized spacial score (nSPS) is 27.4. The van der Waals surface area contributed by atoms with E-state index in [4.69, 9.17) is 0 Å². The molecule has 2 aliphatic rings. The van der Waals surface area contributed by atoms with Crippen molar-refractivity contribution in [2.45, 2.75) is 24.6 Å². The van der Waals surface area contributed by atoms with Crippen LogP contribution in [0.15, 0.2) is 24.3 Å². The molecule has 110 valence electrons. The van der Waals surface area contributed by atoms with E-state index in [0.717, 1.165) is 19.4 Å². The summed E-state index contributed by atoms with van der Waals surface area (Å²) < 4.78 is 39.3. The van der Waals surface area contributed by atoms with Crippen LogP contribution in [-0.2, 0) is 15.8 Å². The Bertz CT molecular complexity index is 573. The summed E-state index contributed by atoms with van der Waals surface area (Å²) in [5.74, 6) is 0.0497. The molecule has 0 amide bonds. The summed E-state index contributed by atoms with van der Waals surface area (Å²) in [6.45, 7) is 2.18. The lowest BCUT2D eigenvalue weighted by molar-refractivity contribution is 0.247. The van der Waals surface area contributed by atoms with Gasteiger partial charge in [0, 0.05) is 19.1 Å². The molecule has 2 unspecified atom stereocenters. The van der Waals surface area contributed by atoms with E-state index in [9.17, 15) is 12.8 Å². The molecule has 0 bridgehead atoms. The molecule has 0 aliphatic carbocycles. The minimum atomic E-state index is -3.30. The Balaban J connectivity index is 1.70. The average Bonchev–Trinajstić information content (AvgIpc) is 2.88.